The summed E-state index contributed by atoms with van der Waals surface area (Å²) in [6.45, 7) is 0.0959. The minimum atomic E-state index is -4.45. The van der Waals surface area contributed by atoms with Crippen molar-refractivity contribution in [3.8, 4) is 5.75 Å². The molecule has 0 aliphatic carbocycles. The maximum Gasteiger partial charge on any atom is 0.406 e. The first-order chi connectivity index (χ1) is 10.2. The maximum atomic E-state index is 12.5. The second kappa shape index (κ2) is 7.67. The molecule has 5 nitrogen and oxygen atoms in total. The van der Waals surface area contributed by atoms with Gasteiger partial charge in [0.2, 0.25) is 0 Å². The van der Waals surface area contributed by atoms with E-state index in [0.717, 1.165) is 4.90 Å². The molecule has 0 radical (unpaired) electrons. The van der Waals surface area contributed by atoms with Gasteiger partial charge in [-0.05, 0) is 30.7 Å². The van der Waals surface area contributed by atoms with Crippen LogP contribution in [-0.4, -0.2) is 42.6 Å². The van der Waals surface area contributed by atoms with E-state index >= 15 is 0 Å². The van der Waals surface area contributed by atoms with Crippen LogP contribution in [0.1, 0.15) is 23.7 Å². The van der Waals surface area contributed by atoms with Crippen molar-refractivity contribution in [1.29, 1.82) is 0 Å². The van der Waals surface area contributed by atoms with Crippen molar-refractivity contribution in [3.63, 3.8) is 0 Å². The van der Waals surface area contributed by atoms with Gasteiger partial charge in [-0.2, -0.15) is 13.2 Å². The molecule has 0 saturated carbocycles. The van der Waals surface area contributed by atoms with Crippen molar-refractivity contribution < 1.29 is 27.5 Å². The Kier molecular flexibility index (Phi) is 6.21. The highest BCUT2D eigenvalue weighted by Gasteiger charge is 2.32. The van der Waals surface area contributed by atoms with Gasteiger partial charge < -0.3 is 15.4 Å². The number of nitrogens with zero attached hydrogens (tertiary/aromatic N) is 1. The number of rotatable bonds is 7. The van der Waals surface area contributed by atoms with E-state index in [1.165, 1.54) is 24.3 Å². The molecule has 0 saturated heterocycles. The van der Waals surface area contributed by atoms with Crippen molar-refractivity contribution in [2.24, 2.45) is 5.73 Å². The smallest absolute Gasteiger partial charge is 0.406 e. The number of amides is 2. The Morgan fingerprint density at radius 3 is 2.27 bits per heavy atom. The minimum Gasteiger partial charge on any atom is -0.484 e. The molecule has 0 aromatic heterocycles. The van der Waals surface area contributed by atoms with Crippen LogP contribution < -0.4 is 10.5 Å². The molecule has 122 valence electrons. The summed E-state index contributed by atoms with van der Waals surface area (Å²) >= 11 is 0. The van der Waals surface area contributed by atoms with Gasteiger partial charge in [0.15, 0.2) is 6.61 Å². The Balaban J connectivity index is 2.79. The van der Waals surface area contributed by atoms with E-state index in [-0.39, 0.29) is 18.7 Å². The lowest BCUT2D eigenvalue weighted by Gasteiger charge is -2.23. The highest BCUT2D eigenvalue weighted by Crippen LogP contribution is 2.19. The molecule has 22 heavy (non-hydrogen) atoms. The zero-order chi connectivity index (χ0) is 16.8. The summed E-state index contributed by atoms with van der Waals surface area (Å²) in [4.78, 5) is 23.4. The second-order valence-corrected chi connectivity index (χ2v) is 4.62. The van der Waals surface area contributed by atoms with Crippen molar-refractivity contribution in [2.75, 3.05) is 19.7 Å². The van der Waals surface area contributed by atoms with Gasteiger partial charge in [-0.15, -0.1) is 0 Å². The predicted octanol–water partition coefficient (Wildman–Crippen LogP) is 1.97. The van der Waals surface area contributed by atoms with Crippen molar-refractivity contribution in [1.82, 2.24) is 4.90 Å². The van der Waals surface area contributed by atoms with Crippen LogP contribution >= 0.6 is 0 Å². The Morgan fingerprint density at radius 1 is 1.23 bits per heavy atom. The van der Waals surface area contributed by atoms with Crippen LogP contribution in [0.3, 0.4) is 0 Å². The van der Waals surface area contributed by atoms with Crippen LogP contribution in [0, 0.1) is 0 Å². The maximum absolute atomic E-state index is 12.5. The number of halogens is 3. The van der Waals surface area contributed by atoms with Crippen LogP contribution in [0.25, 0.3) is 0 Å². The molecule has 0 unspecified atom stereocenters. The van der Waals surface area contributed by atoms with Gasteiger partial charge in [0.05, 0.1) is 0 Å². The molecular weight excluding hydrogens is 301 g/mol. The normalized spacial score (nSPS) is 11.1. The highest BCUT2D eigenvalue weighted by molar-refractivity contribution is 5.94. The van der Waals surface area contributed by atoms with E-state index in [4.69, 9.17) is 10.5 Å². The Morgan fingerprint density at radius 2 is 1.82 bits per heavy atom. The summed E-state index contributed by atoms with van der Waals surface area (Å²) in [5.74, 6) is -1.06. The first kappa shape index (κ1) is 17.8. The average Bonchev–Trinajstić information content (AvgIpc) is 2.43. The number of alkyl halides is 3. The summed E-state index contributed by atoms with van der Waals surface area (Å²) in [6, 6.07) is 5.48. The molecule has 0 aliphatic heterocycles. The molecule has 8 heteroatoms. The number of benzene rings is 1. The summed E-state index contributed by atoms with van der Waals surface area (Å²) in [6.07, 6.45) is -4.03. The Labute approximate surface area is 125 Å². The van der Waals surface area contributed by atoms with Gasteiger partial charge in [0.25, 0.3) is 11.8 Å². The van der Waals surface area contributed by atoms with Crippen LogP contribution in [0.2, 0.25) is 0 Å². The van der Waals surface area contributed by atoms with Crippen LogP contribution in [0.15, 0.2) is 24.3 Å². The first-order valence-corrected chi connectivity index (χ1v) is 6.60. The molecule has 1 rings (SSSR count). The molecule has 0 aliphatic rings. The molecule has 2 N–H and O–H groups in total. The Bertz CT molecular complexity index is 515. The molecule has 0 heterocycles. The van der Waals surface area contributed by atoms with E-state index in [2.05, 4.69) is 0 Å². The largest absolute Gasteiger partial charge is 0.484 e. The lowest BCUT2D eigenvalue weighted by molar-refractivity contribution is -0.140. The van der Waals surface area contributed by atoms with E-state index in [9.17, 15) is 22.8 Å². The number of carbonyl (C=O) groups excluding carboxylic acids is 2. The number of ether oxygens (including phenoxy) is 1. The zero-order valence-corrected chi connectivity index (χ0v) is 12.0. The van der Waals surface area contributed by atoms with E-state index in [1.807, 2.05) is 0 Å². The molecular formula is C14H17F3N2O3. The second-order valence-electron chi connectivity index (χ2n) is 4.62. The van der Waals surface area contributed by atoms with Gasteiger partial charge in [-0.3, -0.25) is 9.59 Å². The van der Waals surface area contributed by atoms with Crippen molar-refractivity contribution >= 4 is 11.8 Å². The molecule has 2 amide bonds. The number of hydrogen-bond donors (Lipinski definition) is 1. The monoisotopic (exact) mass is 318 g/mol. The topological polar surface area (TPSA) is 72.6 Å². The molecule has 0 spiro atoms. The van der Waals surface area contributed by atoms with Gasteiger partial charge in [-0.1, -0.05) is 6.92 Å². The molecule has 0 fully saturated rings. The average molecular weight is 318 g/mol. The molecule has 0 atom stereocenters. The summed E-state index contributed by atoms with van der Waals surface area (Å²) in [5.41, 5.74) is 5.03. The fraction of sp³-hybridized carbons (Fsp3) is 0.429. The van der Waals surface area contributed by atoms with E-state index in [1.54, 1.807) is 6.92 Å². The van der Waals surface area contributed by atoms with Gasteiger partial charge >= 0.3 is 6.18 Å². The molecule has 0 bridgehead atoms. The number of nitrogens with two attached hydrogens (primary N) is 1. The number of carbonyl (C=O) groups is 2. The summed E-state index contributed by atoms with van der Waals surface area (Å²) in [5, 5.41) is 0. The summed E-state index contributed by atoms with van der Waals surface area (Å²) < 4.78 is 42.5. The third kappa shape index (κ3) is 6.02. The highest BCUT2D eigenvalue weighted by atomic mass is 19.4. The fourth-order valence-corrected chi connectivity index (χ4v) is 1.77. The standard InChI is InChI=1S/C14H17F3N2O3/c1-2-7-19(9-14(15,16)17)13(21)10-3-5-11(6-4-10)22-8-12(18)20/h3-6H,2,7-9H2,1H3,(H2,18,20). The zero-order valence-electron chi connectivity index (χ0n) is 12.0. The fourth-order valence-electron chi connectivity index (χ4n) is 1.77. The molecule has 1 aromatic carbocycles. The van der Waals surface area contributed by atoms with Crippen LogP contribution in [-0.2, 0) is 4.79 Å². The first-order valence-electron chi connectivity index (χ1n) is 6.60. The van der Waals surface area contributed by atoms with E-state index in [0.29, 0.717) is 12.2 Å². The van der Waals surface area contributed by atoms with Gasteiger partial charge in [0, 0.05) is 12.1 Å². The lowest BCUT2D eigenvalue weighted by atomic mass is 10.2. The van der Waals surface area contributed by atoms with E-state index < -0.39 is 24.5 Å². The quantitative estimate of drug-likeness (QED) is 0.835. The number of hydrogen-bond acceptors (Lipinski definition) is 3. The van der Waals surface area contributed by atoms with Gasteiger partial charge in [0.1, 0.15) is 12.3 Å². The van der Waals surface area contributed by atoms with Crippen LogP contribution in [0.4, 0.5) is 13.2 Å². The SMILES string of the molecule is CCCN(CC(F)(F)F)C(=O)c1ccc(OCC(N)=O)cc1. The Hall–Kier alpha value is -2.25. The predicted molar refractivity (Wildman–Crippen MR) is 73.4 cm³/mol. The molecule has 1 aromatic rings. The minimum absolute atomic E-state index is 0.0122. The van der Waals surface area contributed by atoms with Gasteiger partial charge in [-0.25, -0.2) is 0 Å². The van der Waals surface area contributed by atoms with Crippen LogP contribution in [0.5, 0.6) is 5.75 Å². The van der Waals surface area contributed by atoms with Crippen molar-refractivity contribution in [2.45, 2.75) is 19.5 Å². The number of primary amides is 1. The summed E-state index contributed by atoms with van der Waals surface area (Å²) in [7, 11) is 0. The van der Waals surface area contributed by atoms with Crippen molar-refractivity contribution in [3.05, 3.63) is 29.8 Å². The lowest BCUT2D eigenvalue weighted by Crippen LogP contribution is -2.39. The third-order valence-electron chi connectivity index (χ3n) is 2.63. The third-order valence-corrected chi connectivity index (χ3v) is 2.63.